The van der Waals surface area contributed by atoms with E-state index in [1.807, 2.05) is 4.90 Å². The van der Waals surface area contributed by atoms with Gasteiger partial charge >= 0.3 is 0 Å². The molecule has 5 nitrogen and oxygen atoms in total. The maximum absolute atomic E-state index is 13.9. The van der Waals surface area contributed by atoms with Crippen molar-refractivity contribution < 1.29 is 13.9 Å². The molecule has 0 saturated carbocycles. The first-order valence-corrected chi connectivity index (χ1v) is 8.78. The van der Waals surface area contributed by atoms with E-state index < -0.39 is 0 Å². The first-order valence-electron chi connectivity index (χ1n) is 8.78. The predicted molar refractivity (Wildman–Crippen MR) is 90.4 cm³/mol. The number of hydrogen-bond acceptors (Lipinski definition) is 4. The van der Waals surface area contributed by atoms with E-state index in [9.17, 15) is 9.18 Å². The smallest absolute Gasteiger partial charge is 0.227 e. The number of carbonyl (C=O) groups excluding carboxylic acids is 1. The van der Waals surface area contributed by atoms with Crippen molar-refractivity contribution >= 4 is 5.91 Å². The Balaban J connectivity index is 1.62. The Hall–Kier alpha value is -1.50. The van der Waals surface area contributed by atoms with Gasteiger partial charge in [0.25, 0.3) is 0 Å². The summed E-state index contributed by atoms with van der Waals surface area (Å²) in [4.78, 5) is 17.1. The largest absolute Gasteiger partial charge is 0.379 e. The van der Waals surface area contributed by atoms with E-state index in [1.54, 1.807) is 18.2 Å². The summed E-state index contributed by atoms with van der Waals surface area (Å²) in [7, 11) is 0. The SMILES string of the molecule is O=C(Cc1ccccc1F)N(CCN1CCOCC1)C1CCNC1. The van der Waals surface area contributed by atoms with Gasteiger partial charge in [0.05, 0.1) is 19.6 Å². The summed E-state index contributed by atoms with van der Waals surface area (Å²) in [5, 5.41) is 3.32. The van der Waals surface area contributed by atoms with E-state index in [-0.39, 0.29) is 24.2 Å². The first-order chi connectivity index (χ1) is 11.7. The molecule has 6 heteroatoms. The van der Waals surface area contributed by atoms with Crippen LogP contribution in [0.5, 0.6) is 0 Å². The number of amides is 1. The van der Waals surface area contributed by atoms with E-state index in [0.717, 1.165) is 52.4 Å². The minimum atomic E-state index is -0.302. The summed E-state index contributed by atoms with van der Waals surface area (Å²) < 4.78 is 19.2. The van der Waals surface area contributed by atoms with Gasteiger partial charge in [-0.05, 0) is 24.6 Å². The highest BCUT2D eigenvalue weighted by atomic mass is 19.1. The highest BCUT2D eigenvalue weighted by Crippen LogP contribution is 2.14. The lowest BCUT2D eigenvalue weighted by Gasteiger charge is -2.33. The van der Waals surface area contributed by atoms with Gasteiger partial charge in [-0.25, -0.2) is 4.39 Å². The van der Waals surface area contributed by atoms with Crippen molar-refractivity contribution in [3.05, 3.63) is 35.6 Å². The number of morpholine rings is 1. The Kier molecular flexibility index (Phi) is 6.18. The minimum Gasteiger partial charge on any atom is -0.379 e. The van der Waals surface area contributed by atoms with E-state index in [2.05, 4.69) is 10.2 Å². The first kappa shape index (κ1) is 17.3. The van der Waals surface area contributed by atoms with E-state index in [0.29, 0.717) is 12.1 Å². The number of carbonyl (C=O) groups is 1. The van der Waals surface area contributed by atoms with Crippen LogP contribution in [0.15, 0.2) is 24.3 Å². The summed E-state index contributed by atoms with van der Waals surface area (Å²) in [5.74, 6) is -0.286. The lowest BCUT2D eigenvalue weighted by molar-refractivity contribution is -0.132. The van der Waals surface area contributed by atoms with Crippen LogP contribution in [0.3, 0.4) is 0 Å². The zero-order chi connectivity index (χ0) is 16.8. The van der Waals surface area contributed by atoms with Crippen LogP contribution in [0.2, 0.25) is 0 Å². The third-order valence-electron chi connectivity index (χ3n) is 4.86. The lowest BCUT2D eigenvalue weighted by atomic mass is 10.1. The van der Waals surface area contributed by atoms with Crippen molar-refractivity contribution in [3.8, 4) is 0 Å². The molecule has 3 rings (SSSR count). The van der Waals surface area contributed by atoms with Gasteiger partial charge in [-0.3, -0.25) is 9.69 Å². The molecule has 132 valence electrons. The molecule has 2 aliphatic rings. The molecule has 24 heavy (non-hydrogen) atoms. The topological polar surface area (TPSA) is 44.8 Å². The van der Waals surface area contributed by atoms with Crippen molar-refractivity contribution in [1.29, 1.82) is 0 Å². The van der Waals surface area contributed by atoms with Crippen LogP contribution in [0.25, 0.3) is 0 Å². The van der Waals surface area contributed by atoms with Crippen molar-refractivity contribution in [2.24, 2.45) is 0 Å². The van der Waals surface area contributed by atoms with Crippen molar-refractivity contribution in [2.45, 2.75) is 18.9 Å². The van der Waals surface area contributed by atoms with E-state index in [1.165, 1.54) is 6.07 Å². The fourth-order valence-corrected chi connectivity index (χ4v) is 3.40. The molecule has 0 bridgehead atoms. The molecule has 2 saturated heterocycles. The molecule has 2 aliphatic heterocycles. The Morgan fingerprint density at radius 1 is 1.33 bits per heavy atom. The fraction of sp³-hybridized carbons (Fsp3) is 0.611. The molecule has 1 aromatic rings. The van der Waals surface area contributed by atoms with Crippen LogP contribution >= 0.6 is 0 Å². The van der Waals surface area contributed by atoms with Crippen LogP contribution in [-0.2, 0) is 16.0 Å². The van der Waals surface area contributed by atoms with Crippen molar-refractivity contribution in [2.75, 3.05) is 52.5 Å². The second kappa shape index (κ2) is 8.55. The van der Waals surface area contributed by atoms with Gasteiger partial charge in [0, 0.05) is 38.8 Å². The Bertz CT molecular complexity index is 543. The zero-order valence-electron chi connectivity index (χ0n) is 14.0. The molecular formula is C18H26FN3O2. The number of rotatable bonds is 6. The molecule has 2 heterocycles. The number of hydrogen-bond donors (Lipinski definition) is 1. The van der Waals surface area contributed by atoms with Crippen molar-refractivity contribution in [3.63, 3.8) is 0 Å². The lowest BCUT2D eigenvalue weighted by Crippen LogP contribution is -2.48. The van der Waals surface area contributed by atoms with Crippen LogP contribution in [-0.4, -0.2) is 74.2 Å². The van der Waals surface area contributed by atoms with Gasteiger partial charge in [0.1, 0.15) is 5.82 Å². The number of nitrogens with zero attached hydrogens (tertiary/aromatic N) is 2. The molecular weight excluding hydrogens is 309 g/mol. The highest BCUT2D eigenvalue weighted by Gasteiger charge is 2.27. The molecule has 1 aromatic carbocycles. The van der Waals surface area contributed by atoms with E-state index >= 15 is 0 Å². The quantitative estimate of drug-likeness (QED) is 0.839. The Morgan fingerprint density at radius 3 is 2.83 bits per heavy atom. The molecule has 0 aliphatic carbocycles. The molecule has 0 spiro atoms. The third kappa shape index (κ3) is 4.53. The van der Waals surface area contributed by atoms with Crippen LogP contribution in [0.4, 0.5) is 4.39 Å². The molecule has 0 aromatic heterocycles. The zero-order valence-corrected chi connectivity index (χ0v) is 14.0. The Labute approximate surface area is 142 Å². The Morgan fingerprint density at radius 2 is 2.12 bits per heavy atom. The van der Waals surface area contributed by atoms with Gasteiger partial charge in [0.2, 0.25) is 5.91 Å². The fourth-order valence-electron chi connectivity index (χ4n) is 3.40. The average Bonchev–Trinajstić information content (AvgIpc) is 3.12. The highest BCUT2D eigenvalue weighted by molar-refractivity contribution is 5.79. The summed E-state index contributed by atoms with van der Waals surface area (Å²) in [5.41, 5.74) is 0.477. The number of benzene rings is 1. The number of halogens is 1. The number of nitrogens with one attached hydrogen (secondary N) is 1. The van der Waals surface area contributed by atoms with Crippen LogP contribution < -0.4 is 5.32 Å². The molecule has 2 fully saturated rings. The second-order valence-corrected chi connectivity index (χ2v) is 6.46. The second-order valence-electron chi connectivity index (χ2n) is 6.46. The number of ether oxygens (including phenoxy) is 1. The average molecular weight is 335 g/mol. The molecule has 1 atom stereocenters. The van der Waals surface area contributed by atoms with E-state index in [4.69, 9.17) is 4.74 Å². The van der Waals surface area contributed by atoms with Gasteiger partial charge in [-0.1, -0.05) is 18.2 Å². The monoisotopic (exact) mass is 335 g/mol. The van der Waals surface area contributed by atoms with Gasteiger partial charge < -0.3 is 15.0 Å². The summed E-state index contributed by atoms with van der Waals surface area (Å²) in [6.07, 6.45) is 1.10. The normalized spacial score (nSPS) is 21.8. The summed E-state index contributed by atoms with van der Waals surface area (Å²) in [6.45, 7) is 6.65. The summed E-state index contributed by atoms with van der Waals surface area (Å²) in [6, 6.07) is 6.75. The van der Waals surface area contributed by atoms with Gasteiger partial charge in [-0.15, -0.1) is 0 Å². The summed E-state index contributed by atoms with van der Waals surface area (Å²) >= 11 is 0. The van der Waals surface area contributed by atoms with Crippen molar-refractivity contribution in [1.82, 2.24) is 15.1 Å². The predicted octanol–water partition coefficient (Wildman–Crippen LogP) is 0.891. The maximum Gasteiger partial charge on any atom is 0.227 e. The maximum atomic E-state index is 13.9. The third-order valence-corrected chi connectivity index (χ3v) is 4.86. The molecule has 1 unspecified atom stereocenters. The molecule has 1 N–H and O–H groups in total. The molecule has 1 amide bonds. The van der Waals surface area contributed by atoms with Gasteiger partial charge in [0.15, 0.2) is 0 Å². The standard InChI is InChI=1S/C18H26FN3O2/c19-17-4-2-1-3-15(17)13-18(23)22(16-5-6-20-14-16)8-7-21-9-11-24-12-10-21/h1-4,16,20H,5-14H2. The van der Waals surface area contributed by atoms with Gasteiger partial charge in [-0.2, -0.15) is 0 Å². The van der Waals surface area contributed by atoms with Crippen LogP contribution in [0.1, 0.15) is 12.0 Å². The van der Waals surface area contributed by atoms with Crippen LogP contribution in [0, 0.1) is 5.82 Å². The molecule has 0 radical (unpaired) electrons. The minimum absolute atomic E-state index is 0.0158.